The molecule has 0 aliphatic carbocycles. The zero-order chi connectivity index (χ0) is 22.0. The maximum Gasteiger partial charge on any atom is 0.298 e. The Bertz CT molecular complexity index is 1160. The van der Waals surface area contributed by atoms with Gasteiger partial charge < -0.3 is 19.1 Å². The van der Waals surface area contributed by atoms with Crippen molar-refractivity contribution in [3.8, 4) is 0 Å². The van der Waals surface area contributed by atoms with E-state index < -0.39 is 0 Å². The lowest BCUT2D eigenvalue weighted by Gasteiger charge is -2.30. The summed E-state index contributed by atoms with van der Waals surface area (Å²) in [7, 11) is 0. The molecule has 5 heteroatoms. The lowest BCUT2D eigenvalue weighted by atomic mass is 10.1. The van der Waals surface area contributed by atoms with E-state index in [1.54, 1.807) is 0 Å². The van der Waals surface area contributed by atoms with E-state index >= 15 is 0 Å². The summed E-state index contributed by atoms with van der Waals surface area (Å²) in [5, 5.41) is 0. The van der Waals surface area contributed by atoms with Crippen LogP contribution < -0.4 is 9.80 Å². The maximum absolute atomic E-state index is 6.26. The van der Waals surface area contributed by atoms with Gasteiger partial charge in [0.2, 0.25) is 0 Å². The Balaban J connectivity index is 1.31. The third-order valence-corrected chi connectivity index (χ3v) is 7.06. The quantitative estimate of drug-likeness (QED) is 0.407. The minimum absolute atomic E-state index is 0.545. The SMILES string of the molecule is c1ccc(CN(Cc2ccccc2)c2ccc3oc(N4CCN5CCC4CC5)nc3c2)cc1. The van der Waals surface area contributed by atoms with Gasteiger partial charge in [0.25, 0.3) is 6.01 Å². The first-order valence-corrected chi connectivity index (χ1v) is 12.0. The highest BCUT2D eigenvalue weighted by atomic mass is 16.4. The van der Waals surface area contributed by atoms with E-state index in [2.05, 4.69) is 93.6 Å². The number of fused-ring (bicyclic) bond motifs is 5. The third kappa shape index (κ3) is 4.33. The first-order chi connectivity index (χ1) is 16.3. The highest BCUT2D eigenvalue weighted by Crippen LogP contribution is 2.31. The number of hydrogen-bond acceptors (Lipinski definition) is 5. The largest absolute Gasteiger partial charge is 0.423 e. The van der Waals surface area contributed by atoms with Gasteiger partial charge in [-0.3, -0.25) is 0 Å². The second kappa shape index (κ2) is 8.91. The van der Waals surface area contributed by atoms with Crippen LogP contribution in [-0.4, -0.2) is 42.1 Å². The van der Waals surface area contributed by atoms with Crippen molar-refractivity contribution in [3.63, 3.8) is 0 Å². The van der Waals surface area contributed by atoms with E-state index in [4.69, 9.17) is 9.40 Å². The Morgan fingerprint density at radius 1 is 0.788 bits per heavy atom. The van der Waals surface area contributed by atoms with E-state index in [0.717, 1.165) is 49.0 Å². The number of oxazole rings is 1. The highest BCUT2D eigenvalue weighted by molar-refractivity contribution is 5.79. The highest BCUT2D eigenvalue weighted by Gasteiger charge is 2.31. The van der Waals surface area contributed by atoms with Gasteiger partial charge in [0.15, 0.2) is 5.58 Å². The first kappa shape index (κ1) is 20.3. The van der Waals surface area contributed by atoms with Crippen LogP contribution in [0.25, 0.3) is 11.1 Å². The molecule has 3 saturated heterocycles. The van der Waals surface area contributed by atoms with Crippen molar-refractivity contribution in [2.24, 2.45) is 0 Å². The summed E-state index contributed by atoms with van der Waals surface area (Å²) in [5.41, 5.74) is 5.56. The van der Waals surface area contributed by atoms with Gasteiger partial charge in [-0.1, -0.05) is 60.7 Å². The summed E-state index contributed by atoms with van der Waals surface area (Å²) >= 11 is 0. The molecule has 3 aliphatic heterocycles. The average molecular weight is 439 g/mol. The molecule has 4 heterocycles. The van der Waals surface area contributed by atoms with Crippen molar-refractivity contribution in [3.05, 3.63) is 90.0 Å². The minimum Gasteiger partial charge on any atom is -0.423 e. The van der Waals surface area contributed by atoms with Crippen LogP contribution in [0.3, 0.4) is 0 Å². The van der Waals surface area contributed by atoms with Crippen molar-refractivity contribution in [2.45, 2.75) is 32.0 Å². The van der Waals surface area contributed by atoms with Crippen molar-refractivity contribution >= 4 is 22.8 Å². The molecule has 0 radical (unpaired) electrons. The number of rotatable bonds is 6. The van der Waals surface area contributed by atoms with E-state index in [9.17, 15) is 0 Å². The Morgan fingerprint density at radius 2 is 1.45 bits per heavy atom. The van der Waals surface area contributed by atoms with E-state index in [-0.39, 0.29) is 0 Å². The monoisotopic (exact) mass is 438 g/mol. The third-order valence-electron chi connectivity index (χ3n) is 7.06. The smallest absolute Gasteiger partial charge is 0.298 e. The van der Waals surface area contributed by atoms with Crippen LogP contribution in [0.1, 0.15) is 24.0 Å². The van der Waals surface area contributed by atoms with Gasteiger partial charge in [0.05, 0.1) is 0 Å². The fourth-order valence-electron chi connectivity index (χ4n) is 5.21. The van der Waals surface area contributed by atoms with Gasteiger partial charge in [-0.15, -0.1) is 0 Å². The number of anilines is 2. The topological polar surface area (TPSA) is 35.8 Å². The molecule has 0 spiro atoms. The molecule has 3 aromatic carbocycles. The zero-order valence-corrected chi connectivity index (χ0v) is 18.9. The van der Waals surface area contributed by atoms with Gasteiger partial charge in [-0.25, -0.2) is 0 Å². The summed E-state index contributed by atoms with van der Waals surface area (Å²) in [4.78, 5) is 12.3. The fourth-order valence-corrected chi connectivity index (χ4v) is 5.21. The van der Waals surface area contributed by atoms with Crippen LogP contribution >= 0.6 is 0 Å². The lowest BCUT2D eigenvalue weighted by molar-refractivity contribution is 0.249. The average Bonchev–Trinajstić information content (AvgIpc) is 3.05. The van der Waals surface area contributed by atoms with Crippen LogP contribution in [-0.2, 0) is 13.1 Å². The molecule has 7 rings (SSSR count). The summed E-state index contributed by atoms with van der Waals surface area (Å²) in [5.74, 6) is 0. The molecule has 2 bridgehead atoms. The molecule has 3 aliphatic rings. The van der Waals surface area contributed by atoms with Crippen molar-refractivity contribution in [1.29, 1.82) is 0 Å². The normalized spacial score (nSPS) is 20.2. The Morgan fingerprint density at radius 3 is 2.12 bits per heavy atom. The predicted octanol–water partition coefficient (Wildman–Crippen LogP) is 5.32. The predicted molar refractivity (Wildman–Crippen MR) is 134 cm³/mol. The van der Waals surface area contributed by atoms with Crippen LogP contribution in [0.4, 0.5) is 11.7 Å². The summed E-state index contributed by atoms with van der Waals surface area (Å²) in [6, 6.07) is 29.1. The van der Waals surface area contributed by atoms with Crippen molar-refractivity contribution in [2.75, 3.05) is 36.0 Å². The molecule has 0 N–H and O–H groups in total. The van der Waals surface area contributed by atoms with Crippen LogP contribution in [0.15, 0.2) is 83.3 Å². The van der Waals surface area contributed by atoms with Gasteiger partial charge in [-0.05, 0) is 42.2 Å². The molecule has 5 nitrogen and oxygen atoms in total. The molecule has 4 aromatic rings. The van der Waals surface area contributed by atoms with Crippen molar-refractivity contribution < 1.29 is 4.42 Å². The molecule has 0 saturated carbocycles. The zero-order valence-electron chi connectivity index (χ0n) is 18.9. The molecular weight excluding hydrogens is 408 g/mol. The number of piperidine rings is 1. The van der Waals surface area contributed by atoms with Gasteiger partial charge in [0, 0.05) is 51.0 Å². The van der Waals surface area contributed by atoms with Crippen molar-refractivity contribution in [1.82, 2.24) is 9.88 Å². The molecule has 0 unspecified atom stereocenters. The number of aromatic nitrogens is 1. The van der Waals surface area contributed by atoms with Crippen LogP contribution in [0, 0.1) is 0 Å². The molecule has 33 heavy (non-hydrogen) atoms. The minimum atomic E-state index is 0.545. The Labute approximate surface area is 195 Å². The molecule has 0 amide bonds. The van der Waals surface area contributed by atoms with Crippen LogP contribution in [0.2, 0.25) is 0 Å². The van der Waals surface area contributed by atoms with Crippen LogP contribution in [0.5, 0.6) is 0 Å². The van der Waals surface area contributed by atoms with E-state index in [1.165, 1.54) is 37.1 Å². The standard InChI is InChI=1S/C28H30N4O/c1-3-7-22(8-4-1)20-31(21-23-9-5-2-6-10-23)25-11-12-27-26(19-25)29-28(33-27)32-18-17-30-15-13-24(32)14-16-30/h1-12,19,24H,13-18,20-21H2. The first-order valence-electron chi connectivity index (χ1n) is 12.0. The van der Waals surface area contributed by atoms with Gasteiger partial charge in [-0.2, -0.15) is 4.98 Å². The molecule has 168 valence electrons. The molecular formula is C28H30N4O. The lowest BCUT2D eigenvalue weighted by Crippen LogP contribution is -2.38. The van der Waals surface area contributed by atoms with E-state index in [1.807, 2.05) is 0 Å². The van der Waals surface area contributed by atoms with Gasteiger partial charge >= 0.3 is 0 Å². The number of hydrogen-bond donors (Lipinski definition) is 0. The number of benzene rings is 3. The molecule has 3 fully saturated rings. The Kier molecular flexibility index (Phi) is 5.48. The second-order valence-electron chi connectivity index (χ2n) is 9.24. The maximum atomic E-state index is 6.26. The molecule has 0 atom stereocenters. The Hall–Kier alpha value is -3.31. The summed E-state index contributed by atoms with van der Waals surface area (Å²) < 4.78 is 6.26. The number of nitrogens with zero attached hydrogens (tertiary/aromatic N) is 4. The molecule has 1 aromatic heterocycles. The van der Waals surface area contributed by atoms with Gasteiger partial charge in [0.1, 0.15) is 5.52 Å². The summed E-state index contributed by atoms with van der Waals surface area (Å²) in [6.07, 6.45) is 2.40. The second-order valence-corrected chi connectivity index (χ2v) is 9.24. The fraction of sp³-hybridized carbons (Fsp3) is 0.321. The van der Waals surface area contributed by atoms with E-state index in [0.29, 0.717) is 6.04 Å². The summed E-state index contributed by atoms with van der Waals surface area (Å²) in [6.45, 7) is 6.17.